The number of aryl methyl sites for hydroxylation is 1. The van der Waals surface area contributed by atoms with Crippen molar-refractivity contribution >= 4 is 22.6 Å². The van der Waals surface area contributed by atoms with E-state index in [-0.39, 0.29) is 0 Å². The quantitative estimate of drug-likeness (QED) is 0.784. The lowest BCUT2D eigenvalue weighted by molar-refractivity contribution is 0.286. The zero-order valence-corrected chi connectivity index (χ0v) is 11.8. The molecule has 90 valence electrons. The summed E-state index contributed by atoms with van der Waals surface area (Å²) in [5, 5.41) is 4.16. The predicted octanol–water partition coefficient (Wildman–Crippen LogP) is 2.87. The monoisotopic (exact) mass is 343 g/mol. The molecule has 0 aliphatic heterocycles. The Kier molecular flexibility index (Phi) is 4.36. The fourth-order valence-corrected chi connectivity index (χ4v) is 1.84. The Hall–Kier alpha value is -1.11. The second-order valence-electron chi connectivity index (χ2n) is 3.64. The van der Waals surface area contributed by atoms with Crippen LogP contribution in [0.5, 0.6) is 5.75 Å². The van der Waals surface area contributed by atoms with Crippen molar-refractivity contribution in [3.8, 4) is 5.75 Å². The molecule has 0 amide bonds. The summed E-state index contributed by atoms with van der Waals surface area (Å²) < 4.78 is 8.75. The lowest BCUT2D eigenvalue weighted by Crippen LogP contribution is -2.08. The topological polar surface area (TPSA) is 39.9 Å². The van der Waals surface area contributed by atoms with Crippen molar-refractivity contribution in [2.75, 3.05) is 0 Å². The summed E-state index contributed by atoms with van der Waals surface area (Å²) in [5.74, 6) is 1.72. The molecule has 0 spiro atoms. The maximum absolute atomic E-state index is 5.67. The van der Waals surface area contributed by atoms with E-state index in [0.717, 1.165) is 24.5 Å². The minimum Gasteiger partial charge on any atom is -0.486 e. The van der Waals surface area contributed by atoms with E-state index in [1.54, 1.807) is 6.33 Å². The van der Waals surface area contributed by atoms with Gasteiger partial charge >= 0.3 is 0 Å². The second kappa shape index (κ2) is 6.00. The van der Waals surface area contributed by atoms with Crippen LogP contribution in [0.1, 0.15) is 19.2 Å². The number of hydrogen-bond donors (Lipinski definition) is 0. The van der Waals surface area contributed by atoms with Gasteiger partial charge in [0.05, 0.1) is 0 Å². The van der Waals surface area contributed by atoms with Crippen LogP contribution in [0, 0.1) is 3.57 Å². The predicted molar refractivity (Wildman–Crippen MR) is 73.8 cm³/mol. The standard InChI is InChI=1S/C12H14IN3O/c1-2-7-16-12(14-9-15-16)8-17-11-5-3-10(13)4-6-11/h3-6,9H,2,7-8H2,1H3. The lowest BCUT2D eigenvalue weighted by atomic mass is 10.3. The fraction of sp³-hybridized carbons (Fsp3) is 0.333. The second-order valence-corrected chi connectivity index (χ2v) is 4.89. The van der Waals surface area contributed by atoms with Gasteiger partial charge in [0.2, 0.25) is 0 Å². The minimum atomic E-state index is 0.459. The summed E-state index contributed by atoms with van der Waals surface area (Å²) in [5.41, 5.74) is 0. The summed E-state index contributed by atoms with van der Waals surface area (Å²) in [6.07, 6.45) is 2.61. The zero-order chi connectivity index (χ0) is 12.1. The highest BCUT2D eigenvalue weighted by Gasteiger charge is 2.04. The van der Waals surface area contributed by atoms with E-state index in [2.05, 4.69) is 39.6 Å². The molecule has 2 aromatic rings. The molecule has 0 aliphatic carbocycles. The summed E-state index contributed by atoms with van der Waals surface area (Å²) in [4.78, 5) is 4.19. The van der Waals surface area contributed by atoms with Crippen LogP contribution in [0.25, 0.3) is 0 Å². The molecule has 0 radical (unpaired) electrons. The first-order valence-corrected chi connectivity index (χ1v) is 6.62. The smallest absolute Gasteiger partial charge is 0.164 e. The van der Waals surface area contributed by atoms with E-state index in [4.69, 9.17) is 4.74 Å². The Balaban J connectivity index is 1.97. The van der Waals surface area contributed by atoms with E-state index in [9.17, 15) is 0 Å². The van der Waals surface area contributed by atoms with Gasteiger partial charge in [-0.3, -0.25) is 0 Å². The lowest BCUT2D eigenvalue weighted by Gasteiger charge is -2.07. The fourth-order valence-electron chi connectivity index (χ4n) is 1.48. The summed E-state index contributed by atoms with van der Waals surface area (Å²) >= 11 is 2.27. The summed E-state index contributed by atoms with van der Waals surface area (Å²) in [7, 11) is 0. The molecule has 0 unspecified atom stereocenters. The number of aromatic nitrogens is 3. The van der Waals surface area contributed by atoms with E-state index in [0.29, 0.717) is 6.61 Å². The maximum Gasteiger partial charge on any atom is 0.164 e. The SMILES string of the molecule is CCCn1ncnc1COc1ccc(I)cc1. The van der Waals surface area contributed by atoms with E-state index in [1.165, 1.54) is 3.57 Å². The van der Waals surface area contributed by atoms with Gasteiger partial charge in [0.25, 0.3) is 0 Å². The first-order valence-electron chi connectivity index (χ1n) is 5.54. The molecule has 2 rings (SSSR count). The third-order valence-corrected chi connectivity index (χ3v) is 3.03. The molecule has 1 heterocycles. The Morgan fingerprint density at radius 1 is 1.29 bits per heavy atom. The maximum atomic E-state index is 5.67. The molecule has 1 aromatic heterocycles. The molecular formula is C12H14IN3O. The number of hydrogen-bond acceptors (Lipinski definition) is 3. The van der Waals surface area contributed by atoms with Crippen molar-refractivity contribution < 1.29 is 4.74 Å². The highest BCUT2D eigenvalue weighted by Crippen LogP contribution is 2.14. The molecule has 0 atom stereocenters. The average Bonchev–Trinajstić information content (AvgIpc) is 2.77. The van der Waals surface area contributed by atoms with Crippen LogP contribution >= 0.6 is 22.6 Å². The van der Waals surface area contributed by atoms with Crippen LogP contribution < -0.4 is 4.74 Å². The van der Waals surface area contributed by atoms with Gasteiger partial charge in [-0.2, -0.15) is 5.10 Å². The number of rotatable bonds is 5. The van der Waals surface area contributed by atoms with E-state index in [1.807, 2.05) is 28.9 Å². The van der Waals surface area contributed by atoms with E-state index >= 15 is 0 Å². The van der Waals surface area contributed by atoms with Crippen molar-refractivity contribution in [3.63, 3.8) is 0 Å². The molecule has 17 heavy (non-hydrogen) atoms. The van der Waals surface area contributed by atoms with Crippen LogP contribution in [-0.2, 0) is 13.2 Å². The third-order valence-electron chi connectivity index (χ3n) is 2.31. The van der Waals surface area contributed by atoms with Crippen molar-refractivity contribution in [2.45, 2.75) is 26.5 Å². The van der Waals surface area contributed by atoms with Gasteiger partial charge in [0.15, 0.2) is 5.82 Å². The Morgan fingerprint density at radius 3 is 2.76 bits per heavy atom. The molecule has 0 fully saturated rings. The van der Waals surface area contributed by atoms with Crippen molar-refractivity contribution in [3.05, 3.63) is 40.0 Å². The Bertz CT molecular complexity index is 467. The van der Waals surface area contributed by atoms with Gasteiger partial charge in [-0.15, -0.1) is 0 Å². The van der Waals surface area contributed by atoms with E-state index < -0.39 is 0 Å². The van der Waals surface area contributed by atoms with Gasteiger partial charge in [0.1, 0.15) is 18.7 Å². The van der Waals surface area contributed by atoms with Crippen LogP contribution in [0.4, 0.5) is 0 Å². The normalized spacial score (nSPS) is 10.5. The molecule has 4 nitrogen and oxygen atoms in total. The number of benzene rings is 1. The minimum absolute atomic E-state index is 0.459. The number of halogens is 1. The van der Waals surface area contributed by atoms with Crippen molar-refractivity contribution in [2.24, 2.45) is 0 Å². The molecule has 0 saturated heterocycles. The first kappa shape index (κ1) is 12.3. The number of ether oxygens (including phenoxy) is 1. The molecule has 1 aromatic carbocycles. The molecule has 5 heteroatoms. The molecular weight excluding hydrogens is 329 g/mol. The molecule has 0 bridgehead atoms. The largest absolute Gasteiger partial charge is 0.486 e. The van der Waals surface area contributed by atoms with Crippen molar-refractivity contribution in [1.82, 2.24) is 14.8 Å². The molecule has 0 N–H and O–H groups in total. The van der Waals surface area contributed by atoms with Crippen molar-refractivity contribution in [1.29, 1.82) is 0 Å². The first-order chi connectivity index (χ1) is 8.29. The summed E-state index contributed by atoms with van der Waals surface area (Å²) in [6.45, 7) is 3.46. The number of nitrogens with zero attached hydrogens (tertiary/aromatic N) is 3. The molecule has 0 saturated carbocycles. The van der Waals surface area contributed by atoms with Gasteiger partial charge in [-0.25, -0.2) is 9.67 Å². The van der Waals surface area contributed by atoms with Gasteiger partial charge < -0.3 is 4.74 Å². The highest BCUT2D eigenvalue weighted by molar-refractivity contribution is 14.1. The average molecular weight is 343 g/mol. The van der Waals surface area contributed by atoms with Gasteiger partial charge in [-0.1, -0.05) is 6.92 Å². The van der Waals surface area contributed by atoms with Crippen LogP contribution in [0.2, 0.25) is 0 Å². The highest BCUT2D eigenvalue weighted by atomic mass is 127. The van der Waals surface area contributed by atoms with Crippen LogP contribution in [0.15, 0.2) is 30.6 Å². The van der Waals surface area contributed by atoms with Gasteiger partial charge in [0, 0.05) is 10.1 Å². The summed E-state index contributed by atoms with van der Waals surface area (Å²) in [6, 6.07) is 7.96. The van der Waals surface area contributed by atoms with Gasteiger partial charge in [-0.05, 0) is 53.3 Å². The molecule has 0 aliphatic rings. The van der Waals surface area contributed by atoms with Crippen LogP contribution in [0.3, 0.4) is 0 Å². The Morgan fingerprint density at radius 2 is 2.06 bits per heavy atom. The third kappa shape index (κ3) is 3.42. The Labute approximate surface area is 114 Å². The zero-order valence-electron chi connectivity index (χ0n) is 9.64. The van der Waals surface area contributed by atoms with Crippen LogP contribution in [-0.4, -0.2) is 14.8 Å².